The number of likely N-dealkylation sites (tertiary alicyclic amines) is 1. The zero-order chi connectivity index (χ0) is 11.5. The zero-order valence-corrected chi connectivity index (χ0v) is 12.0. The topological polar surface area (TPSA) is 59.2 Å². The minimum absolute atomic E-state index is 0. The number of aromatic nitrogens is 1. The summed E-state index contributed by atoms with van der Waals surface area (Å²) in [6.45, 7) is 3.37. The summed E-state index contributed by atoms with van der Waals surface area (Å²) >= 11 is 0. The van der Waals surface area contributed by atoms with Gasteiger partial charge in [0.1, 0.15) is 0 Å². The summed E-state index contributed by atoms with van der Waals surface area (Å²) in [5, 5.41) is 0. The summed E-state index contributed by atoms with van der Waals surface area (Å²) in [5.41, 5.74) is 7.43. The Labute approximate surface area is 120 Å². The summed E-state index contributed by atoms with van der Waals surface area (Å²) in [7, 11) is 0. The number of nitrogens with zero attached hydrogens (tertiary/aromatic N) is 2. The molecule has 1 aromatic heterocycles. The van der Waals surface area contributed by atoms with Crippen LogP contribution in [0, 0.1) is 6.92 Å². The number of halogens is 2. The molecule has 2 heterocycles. The highest BCUT2D eigenvalue weighted by Gasteiger charge is 2.22. The summed E-state index contributed by atoms with van der Waals surface area (Å²) in [5.74, 6) is 0.0441. The van der Waals surface area contributed by atoms with E-state index in [2.05, 4.69) is 4.98 Å². The van der Waals surface area contributed by atoms with Crippen molar-refractivity contribution < 1.29 is 4.79 Å². The number of amides is 1. The van der Waals surface area contributed by atoms with Gasteiger partial charge < -0.3 is 10.6 Å². The number of carbonyl (C=O) groups is 1. The number of pyridine rings is 1. The van der Waals surface area contributed by atoms with Gasteiger partial charge in [-0.15, -0.1) is 24.8 Å². The van der Waals surface area contributed by atoms with E-state index in [1.165, 1.54) is 0 Å². The van der Waals surface area contributed by atoms with E-state index in [9.17, 15) is 4.79 Å². The number of piperidine rings is 1. The maximum Gasteiger partial charge on any atom is 0.255 e. The number of hydrogen-bond donors (Lipinski definition) is 1. The molecule has 1 aromatic rings. The standard InChI is InChI=1S/C12H17N3O.2ClH/c1-9-4-5-10(7-14-9)12(16)15-6-2-3-11(13)8-15;;/h4-5,7,11H,2-3,6,8,13H2,1H3;2*1H/t11-;;/m1../s1. The van der Waals surface area contributed by atoms with E-state index >= 15 is 0 Å². The highest BCUT2D eigenvalue weighted by Crippen LogP contribution is 2.12. The van der Waals surface area contributed by atoms with Crippen molar-refractivity contribution in [1.82, 2.24) is 9.88 Å². The van der Waals surface area contributed by atoms with E-state index in [0.717, 1.165) is 25.1 Å². The van der Waals surface area contributed by atoms with Gasteiger partial charge in [0.25, 0.3) is 5.91 Å². The average Bonchev–Trinajstić information content (AvgIpc) is 2.29. The molecule has 1 fully saturated rings. The zero-order valence-electron chi connectivity index (χ0n) is 10.3. The van der Waals surface area contributed by atoms with Crippen molar-refractivity contribution in [1.29, 1.82) is 0 Å². The van der Waals surface area contributed by atoms with Crippen LogP contribution in [0.2, 0.25) is 0 Å². The summed E-state index contributed by atoms with van der Waals surface area (Å²) in [6, 6.07) is 3.80. The first-order valence-electron chi connectivity index (χ1n) is 5.64. The molecule has 0 bridgehead atoms. The molecule has 2 rings (SSSR count). The second kappa shape index (κ2) is 7.56. The van der Waals surface area contributed by atoms with Crippen LogP contribution >= 0.6 is 24.8 Å². The minimum Gasteiger partial charge on any atom is -0.337 e. The van der Waals surface area contributed by atoms with Crippen molar-refractivity contribution in [2.45, 2.75) is 25.8 Å². The number of hydrogen-bond acceptors (Lipinski definition) is 3. The quantitative estimate of drug-likeness (QED) is 0.858. The van der Waals surface area contributed by atoms with Gasteiger partial charge in [-0.1, -0.05) is 0 Å². The molecule has 0 aromatic carbocycles. The monoisotopic (exact) mass is 291 g/mol. The maximum absolute atomic E-state index is 12.1. The third-order valence-corrected chi connectivity index (χ3v) is 2.90. The second-order valence-electron chi connectivity index (χ2n) is 4.34. The Bertz CT molecular complexity index is 383. The first kappa shape index (κ1) is 17.2. The van der Waals surface area contributed by atoms with E-state index in [1.54, 1.807) is 6.20 Å². The number of aryl methyl sites for hydroxylation is 1. The fourth-order valence-electron chi connectivity index (χ4n) is 1.97. The van der Waals surface area contributed by atoms with Crippen LogP contribution < -0.4 is 5.73 Å². The van der Waals surface area contributed by atoms with Gasteiger partial charge in [0, 0.05) is 31.0 Å². The molecule has 6 heteroatoms. The first-order valence-corrected chi connectivity index (χ1v) is 5.64. The van der Waals surface area contributed by atoms with E-state index in [1.807, 2.05) is 24.0 Å². The van der Waals surface area contributed by atoms with E-state index < -0.39 is 0 Å². The molecule has 1 saturated heterocycles. The van der Waals surface area contributed by atoms with Crippen LogP contribution in [0.5, 0.6) is 0 Å². The number of nitrogens with two attached hydrogens (primary N) is 1. The molecule has 1 aliphatic heterocycles. The maximum atomic E-state index is 12.1. The average molecular weight is 292 g/mol. The third-order valence-electron chi connectivity index (χ3n) is 2.90. The van der Waals surface area contributed by atoms with Crippen molar-refractivity contribution in [3.8, 4) is 0 Å². The van der Waals surface area contributed by atoms with Gasteiger partial charge in [-0.2, -0.15) is 0 Å². The van der Waals surface area contributed by atoms with Crippen molar-refractivity contribution in [2.75, 3.05) is 13.1 Å². The molecule has 102 valence electrons. The molecule has 1 aliphatic rings. The largest absolute Gasteiger partial charge is 0.337 e. The fraction of sp³-hybridized carbons (Fsp3) is 0.500. The highest BCUT2D eigenvalue weighted by molar-refractivity contribution is 5.94. The molecule has 4 nitrogen and oxygen atoms in total. The molecule has 1 atom stereocenters. The van der Waals surface area contributed by atoms with Crippen LogP contribution in [0.4, 0.5) is 0 Å². The second-order valence-corrected chi connectivity index (χ2v) is 4.34. The Morgan fingerprint density at radius 3 is 2.72 bits per heavy atom. The SMILES string of the molecule is Cc1ccc(C(=O)N2CCC[C@@H](N)C2)cn1.Cl.Cl. The number of carbonyl (C=O) groups excluding carboxylic acids is 1. The lowest BCUT2D eigenvalue weighted by Gasteiger charge is -2.30. The Hall–Kier alpha value is -0.840. The Morgan fingerprint density at radius 2 is 2.17 bits per heavy atom. The molecule has 18 heavy (non-hydrogen) atoms. The third kappa shape index (κ3) is 4.12. The van der Waals surface area contributed by atoms with Gasteiger partial charge in [0.2, 0.25) is 0 Å². The molecule has 0 spiro atoms. The fourth-order valence-corrected chi connectivity index (χ4v) is 1.97. The number of rotatable bonds is 1. The predicted molar refractivity (Wildman–Crippen MR) is 76.6 cm³/mol. The van der Waals surface area contributed by atoms with Gasteiger partial charge in [-0.05, 0) is 31.9 Å². The normalized spacial score (nSPS) is 18.6. The van der Waals surface area contributed by atoms with Crippen molar-refractivity contribution in [3.63, 3.8) is 0 Å². The van der Waals surface area contributed by atoms with E-state index in [4.69, 9.17) is 5.73 Å². The van der Waals surface area contributed by atoms with Gasteiger partial charge in [0.15, 0.2) is 0 Å². The van der Waals surface area contributed by atoms with Gasteiger partial charge in [-0.3, -0.25) is 9.78 Å². The minimum atomic E-state index is 0. The van der Waals surface area contributed by atoms with Crippen LogP contribution in [0.25, 0.3) is 0 Å². The van der Waals surface area contributed by atoms with Crippen LogP contribution in [0.15, 0.2) is 18.3 Å². The molecule has 1 amide bonds. The summed E-state index contributed by atoms with van der Waals surface area (Å²) in [6.07, 6.45) is 3.64. The van der Waals surface area contributed by atoms with E-state index in [0.29, 0.717) is 12.1 Å². The molecule has 0 unspecified atom stereocenters. The van der Waals surface area contributed by atoms with Crippen LogP contribution in [0.3, 0.4) is 0 Å². The molecular formula is C12H19Cl2N3O. The lowest BCUT2D eigenvalue weighted by molar-refractivity contribution is 0.0708. The molecule has 2 N–H and O–H groups in total. The van der Waals surface area contributed by atoms with Crippen LogP contribution in [0.1, 0.15) is 28.9 Å². The predicted octanol–water partition coefficient (Wildman–Crippen LogP) is 1.80. The van der Waals surface area contributed by atoms with Crippen LogP contribution in [-0.4, -0.2) is 34.9 Å². The van der Waals surface area contributed by atoms with Crippen molar-refractivity contribution >= 4 is 30.7 Å². The van der Waals surface area contributed by atoms with Crippen molar-refractivity contribution in [2.24, 2.45) is 5.73 Å². The Kier molecular flexibility index (Phi) is 7.21. The Balaban J connectivity index is 0.00000144. The van der Waals surface area contributed by atoms with Gasteiger partial charge >= 0.3 is 0 Å². The smallest absolute Gasteiger partial charge is 0.255 e. The van der Waals surface area contributed by atoms with Gasteiger partial charge in [0.05, 0.1) is 5.56 Å². The van der Waals surface area contributed by atoms with Crippen LogP contribution in [-0.2, 0) is 0 Å². The molecule has 0 radical (unpaired) electrons. The van der Waals surface area contributed by atoms with Crippen molar-refractivity contribution in [3.05, 3.63) is 29.6 Å². The lowest BCUT2D eigenvalue weighted by atomic mass is 10.1. The lowest BCUT2D eigenvalue weighted by Crippen LogP contribution is -2.45. The first-order chi connectivity index (χ1) is 7.66. The molecule has 0 aliphatic carbocycles. The molecular weight excluding hydrogens is 273 g/mol. The Morgan fingerprint density at radius 1 is 1.44 bits per heavy atom. The van der Waals surface area contributed by atoms with E-state index in [-0.39, 0.29) is 36.8 Å². The highest BCUT2D eigenvalue weighted by atomic mass is 35.5. The summed E-state index contributed by atoms with van der Waals surface area (Å²) < 4.78 is 0. The molecule has 0 saturated carbocycles. The van der Waals surface area contributed by atoms with Gasteiger partial charge in [-0.25, -0.2) is 0 Å². The summed E-state index contributed by atoms with van der Waals surface area (Å²) in [4.78, 5) is 18.0.